The van der Waals surface area contributed by atoms with Crippen LogP contribution < -0.4 is 5.32 Å². The first-order valence-electron chi connectivity index (χ1n) is 4.24. The predicted octanol–water partition coefficient (Wildman–Crippen LogP) is 1.63. The van der Waals surface area contributed by atoms with Crippen LogP contribution in [0.5, 0.6) is 0 Å². The van der Waals surface area contributed by atoms with Crippen molar-refractivity contribution in [1.29, 1.82) is 0 Å². The third-order valence-corrected chi connectivity index (χ3v) is 2.09. The Kier molecular flexibility index (Phi) is 2.08. The molecule has 1 atom stereocenters. The van der Waals surface area contributed by atoms with Gasteiger partial charge in [-0.25, -0.2) is 0 Å². The van der Waals surface area contributed by atoms with E-state index < -0.39 is 0 Å². The molecule has 0 aromatic carbocycles. The maximum atomic E-state index is 4.39. The predicted molar refractivity (Wildman–Crippen MR) is 51.0 cm³/mol. The highest BCUT2D eigenvalue weighted by atomic mass is 15.0. The number of hydrogen-bond acceptors (Lipinski definition) is 2. The van der Waals surface area contributed by atoms with E-state index >= 15 is 0 Å². The van der Waals surface area contributed by atoms with Gasteiger partial charge in [0.1, 0.15) is 6.67 Å². The molecular weight excluding hydrogens is 148 g/mol. The number of aliphatic imine (C=N–C) groups is 1. The molecule has 0 saturated heterocycles. The number of nitrogens with zero attached hydrogens (tertiary/aromatic N) is 1. The molecule has 2 heteroatoms. The van der Waals surface area contributed by atoms with Gasteiger partial charge in [0, 0.05) is 11.6 Å². The molecule has 0 spiro atoms. The van der Waals surface area contributed by atoms with Crippen LogP contribution in [-0.4, -0.2) is 12.4 Å². The first-order valence-corrected chi connectivity index (χ1v) is 4.24. The first-order chi connectivity index (χ1) is 5.97. The van der Waals surface area contributed by atoms with Crippen LogP contribution in [0.3, 0.4) is 0 Å². The highest BCUT2D eigenvalue weighted by molar-refractivity contribution is 5.98. The lowest BCUT2D eigenvalue weighted by Gasteiger charge is -2.15. The molecule has 2 aliphatic rings. The Morgan fingerprint density at radius 2 is 2.42 bits per heavy atom. The fraction of sp³-hybridized carbons (Fsp3) is 0.300. The monoisotopic (exact) mass is 160 g/mol. The van der Waals surface area contributed by atoms with Crippen molar-refractivity contribution < 1.29 is 0 Å². The second-order valence-corrected chi connectivity index (χ2v) is 2.93. The Morgan fingerprint density at radius 3 is 3.08 bits per heavy atom. The standard InChI is InChI=1S/C10H12N2/c1-2-4-9(5-3-1)10-6-7-11-8-12-10/h1-4,6-7,9,11H,5,8H2. The minimum atomic E-state index is 0.494. The van der Waals surface area contributed by atoms with Crippen LogP contribution in [0.15, 0.2) is 41.6 Å². The Balaban J connectivity index is 2.09. The molecule has 2 rings (SSSR count). The van der Waals surface area contributed by atoms with Crippen molar-refractivity contribution in [3.05, 3.63) is 36.6 Å². The van der Waals surface area contributed by atoms with E-state index in [4.69, 9.17) is 0 Å². The number of nitrogens with one attached hydrogen (secondary N) is 1. The molecule has 0 bridgehead atoms. The summed E-state index contributed by atoms with van der Waals surface area (Å²) in [5.74, 6) is 0.494. The summed E-state index contributed by atoms with van der Waals surface area (Å²) in [5.41, 5.74) is 1.19. The van der Waals surface area contributed by atoms with Gasteiger partial charge in [-0.05, 0) is 18.7 Å². The van der Waals surface area contributed by atoms with Gasteiger partial charge in [0.15, 0.2) is 0 Å². The lowest BCUT2D eigenvalue weighted by molar-refractivity contribution is 0.815. The summed E-state index contributed by atoms with van der Waals surface area (Å²) < 4.78 is 0. The normalized spacial score (nSPS) is 26.7. The van der Waals surface area contributed by atoms with Gasteiger partial charge in [-0.3, -0.25) is 4.99 Å². The van der Waals surface area contributed by atoms with Gasteiger partial charge in [0.05, 0.1) is 0 Å². The van der Waals surface area contributed by atoms with Gasteiger partial charge >= 0.3 is 0 Å². The quantitative estimate of drug-likeness (QED) is 0.619. The molecule has 0 aromatic heterocycles. The van der Waals surface area contributed by atoms with Gasteiger partial charge in [0.2, 0.25) is 0 Å². The molecule has 1 aliphatic heterocycles. The summed E-state index contributed by atoms with van der Waals surface area (Å²) in [6.45, 7) is 0.722. The molecule has 0 radical (unpaired) electrons. The molecule has 1 aliphatic carbocycles. The lowest BCUT2D eigenvalue weighted by Crippen LogP contribution is -2.19. The Morgan fingerprint density at radius 1 is 1.42 bits per heavy atom. The second-order valence-electron chi connectivity index (χ2n) is 2.93. The van der Waals surface area contributed by atoms with E-state index in [-0.39, 0.29) is 0 Å². The van der Waals surface area contributed by atoms with Gasteiger partial charge in [0.25, 0.3) is 0 Å². The summed E-state index contributed by atoms with van der Waals surface area (Å²) in [6.07, 6.45) is 13.7. The van der Waals surface area contributed by atoms with E-state index in [0.717, 1.165) is 13.1 Å². The molecule has 12 heavy (non-hydrogen) atoms. The van der Waals surface area contributed by atoms with Crippen molar-refractivity contribution in [2.75, 3.05) is 6.67 Å². The highest BCUT2D eigenvalue weighted by Gasteiger charge is 2.11. The topological polar surface area (TPSA) is 24.4 Å². The van der Waals surface area contributed by atoms with Crippen LogP contribution in [0.4, 0.5) is 0 Å². The number of rotatable bonds is 1. The van der Waals surface area contributed by atoms with Gasteiger partial charge in [-0.2, -0.15) is 0 Å². The van der Waals surface area contributed by atoms with Crippen LogP contribution in [0.25, 0.3) is 0 Å². The Bertz CT molecular complexity index is 272. The van der Waals surface area contributed by atoms with E-state index in [1.807, 2.05) is 6.20 Å². The summed E-state index contributed by atoms with van der Waals surface area (Å²) in [5, 5.41) is 3.04. The minimum absolute atomic E-state index is 0.494. The van der Waals surface area contributed by atoms with E-state index in [1.54, 1.807) is 0 Å². The van der Waals surface area contributed by atoms with Crippen LogP contribution in [-0.2, 0) is 0 Å². The van der Waals surface area contributed by atoms with E-state index in [1.165, 1.54) is 5.71 Å². The number of allylic oxidation sites excluding steroid dienone is 5. The van der Waals surface area contributed by atoms with Gasteiger partial charge < -0.3 is 5.32 Å². The maximum Gasteiger partial charge on any atom is 0.107 e. The molecule has 2 nitrogen and oxygen atoms in total. The lowest BCUT2D eigenvalue weighted by atomic mass is 9.95. The fourth-order valence-corrected chi connectivity index (χ4v) is 1.43. The zero-order valence-corrected chi connectivity index (χ0v) is 6.90. The Hall–Kier alpha value is -1.31. The first kappa shape index (κ1) is 7.35. The van der Waals surface area contributed by atoms with E-state index in [0.29, 0.717) is 5.92 Å². The molecule has 0 aromatic rings. The number of hydrogen-bond donors (Lipinski definition) is 1. The smallest absolute Gasteiger partial charge is 0.107 e. The van der Waals surface area contributed by atoms with Crippen molar-refractivity contribution in [2.24, 2.45) is 10.9 Å². The molecule has 1 N–H and O–H groups in total. The summed E-state index contributed by atoms with van der Waals surface area (Å²) in [6, 6.07) is 0. The summed E-state index contributed by atoms with van der Waals surface area (Å²) in [7, 11) is 0. The van der Waals surface area contributed by atoms with Crippen LogP contribution >= 0.6 is 0 Å². The minimum Gasteiger partial charge on any atom is -0.372 e. The van der Waals surface area contributed by atoms with Crippen molar-refractivity contribution in [1.82, 2.24) is 5.32 Å². The molecule has 0 amide bonds. The van der Waals surface area contributed by atoms with Crippen LogP contribution in [0, 0.1) is 5.92 Å². The third-order valence-electron chi connectivity index (χ3n) is 2.09. The van der Waals surface area contributed by atoms with Crippen molar-refractivity contribution in [3.63, 3.8) is 0 Å². The average Bonchev–Trinajstić information content (AvgIpc) is 2.21. The maximum absolute atomic E-state index is 4.39. The zero-order chi connectivity index (χ0) is 8.23. The largest absolute Gasteiger partial charge is 0.372 e. The third kappa shape index (κ3) is 1.47. The second kappa shape index (κ2) is 3.39. The van der Waals surface area contributed by atoms with E-state index in [9.17, 15) is 0 Å². The molecule has 1 unspecified atom stereocenters. The molecular formula is C10H12N2. The summed E-state index contributed by atoms with van der Waals surface area (Å²) in [4.78, 5) is 4.39. The van der Waals surface area contributed by atoms with Crippen LogP contribution in [0.1, 0.15) is 6.42 Å². The van der Waals surface area contributed by atoms with Crippen molar-refractivity contribution in [3.8, 4) is 0 Å². The van der Waals surface area contributed by atoms with Gasteiger partial charge in [-0.15, -0.1) is 0 Å². The average molecular weight is 160 g/mol. The fourth-order valence-electron chi connectivity index (χ4n) is 1.43. The molecule has 62 valence electrons. The summed E-state index contributed by atoms with van der Waals surface area (Å²) >= 11 is 0. The zero-order valence-electron chi connectivity index (χ0n) is 6.90. The van der Waals surface area contributed by atoms with Crippen LogP contribution in [0.2, 0.25) is 0 Å². The molecule has 1 heterocycles. The SMILES string of the molecule is C1=CCC(C2=NCNC=C2)C=C1. The molecule has 0 fully saturated rings. The Labute approximate surface area is 72.4 Å². The van der Waals surface area contributed by atoms with Crippen molar-refractivity contribution in [2.45, 2.75) is 6.42 Å². The molecule has 0 saturated carbocycles. The highest BCUT2D eigenvalue weighted by Crippen LogP contribution is 2.15. The van der Waals surface area contributed by atoms with E-state index in [2.05, 4.69) is 40.7 Å². The van der Waals surface area contributed by atoms with Crippen molar-refractivity contribution >= 4 is 5.71 Å². The van der Waals surface area contributed by atoms with Gasteiger partial charge in [-0.1, -0.05) is 24.3 Å².